The molecule has 2 heterocycles. The molecule has 4 heteroatoms. The highest BCUT2D eigenvalue weighted by Crippen LogP contribution is 2.40. The fraction of sp³-hybridized carbons (Fsp3) is 0.0769. The molecule has 0 fully saturated rings. The molecule has 0 aliphatic heterocycles. The third-order valence-electron chi connectivity index (χ3n) is 11.0. The highest BCUT2D eigenvalue weighted by atomic mass is 15.1. The molecule has 2 atom stereocenters. The summed E-state index contributed by atoms with van der Waals surface area (Å²) in [5, 5.41) is 4.74. The van der Waals surface area contributed by atoms with E-state index in [1.807, 2.05) is 6.08 Å². The zero-order valence-electron chi connectivity index (χ0n) is 31.2. The van der Waals surface area contributed by atoms with Crippen molar-refractivity contribution in [1.29, 1.82) is 0 Å². The number of hydrogen-bond donors (Lipinski definition) is 2. The number of para-hydroxylation sites is 2. The number of rotatable bonds is 10. The van der Waals surface area contributed by atoms with Gasteiger partial charge in [0.15, 0.2) is 0 Å². The molecule has 1 aliphatic carbocycles. The largest absolute Gasteiger partial charge is 0.385 e. The molecule has 8 aromatic rings. The molecule has 0 amide bonds. The summed E-state index contributed by atoms with van der Waals surface area (Å²) in [6.07, 6.45) is 23.0. The average Bonchev–Trinajstić information content (AvgIpc) is 3.77. The van der Waals surface area contributed by atoms with E-state index in [1.54, 1.807) is 0 Å². The van der Waals surface area contributed by atoms with Crippen molar-refractivity contribution in [3.05, 3.63) is 217 Å². The number of benzene rings is 6. The minimum Gasteiger partial charge on any atom is -0.385 e. The first kappa shape index (κ1) is 34.9. The Kier molecular flexibility index (Phi) is 9.63. The van der Waals surface area contributed by atoms with Crippen molar-refractivity contribution in [2.75, 3.05) is 0 Å². The quantitative estimate of drug-likeness (QED) is 0.138. The van der Waals surface area contributed by atoms with Gasteiger partial charge in [-0.15, -0.1) is 0 Å². The Morgan fingerprint density at radius 1 is 0.679 bits per heavy atom. The molecule has 0 bridgehead atoms. The summed E-state index contributed by atoms with van der Waals surface area (Å²) in [5.74, 6) is 1.01. The molecule has 6 aromatic carbocycles. The molecule has 1 aliphatic rings. The van der Waals surface area contributed by atoms with Crippen LogP contribution in [0.5, 0.6) is 0 Å². The van der Waals surface area contributed by atoms with Crippen LogP contribution in [0.2, 0.25) is 0 Å². The zero-order valence-corrected chi connectivity index (χ0v) is 31.2. The number of nitrogens with two attached hydrogens (primary N) is 2. The van der Waals surface area contributed by atoms with Crippen molar-refractivity contribution in [3.8, 4) is 11.1 Å². The maximum absolute atomic E-state index is 6.96. The van der Waals surface area contributed by atoms with Crippen molar-refractivity contribution < 1.29 is 0 Å². The van der Waals surface area contributed by atoms with Gasteiger partial charge in [0, 0.05) is 39.7 Å². The van der Waals surface area contributed by atoms with Gasteiger partial charge >= 0.3 is 0 Å². The van der Waals surface area contributed by atoms with Crippen LogP contribution in [-0.2, 0) is 6.42 Å². The standard InChI is InChI=1S/C52H44N4/c53-46(42-25-16-24-41(36-42)39-21-5-2-6-22-39)28-13-14-34-55-47-29-10-8-26-43(47)44-32-33-49-51(52(44)55)45-27-9-11-30-48(45)56(49)50(54)31-12-7-17-37-18-15-23-40(35-37)38-19-3-1-4-20-38/h1-16,18-35,41,46H,17,36,53-54H2/b12-7-,28-13-,34-14+,50-31+. The van der Waals surface area contributed by atoms with Gasteiger partial charge in [-0.1, -0.05) is 170 Å². The van der Waals surface area contributed by atoms with Crippen molar-refractivity contribution in [1.82, 2.24) is 9.13 Å². The summed E-state index contributed by atoms with van der Waals surface area (Å²) in [6.45, 7) is 0. The molecule has 2 aromatic heterocycles. The van der Waals surface area contributed by atoms with Crippen LogP contribution in [-0.4, -0.2) is 15.2 Å². The first-order valence-corrected chi connectivity index (χ1v) is 19.4. The molecule has 272 valence electrons. The van der Waals surface area contributed by atoms with Crippen molar-refractivity contribution in [3.63, 3.8) is 0 Å². The lowest BCUT2D eigenvalue weighted by atomic mass is 9.85. The second-order valence-electron chi connectivity index (χ2n) is 14.5. The third-order valence-corrected chi connectivity index (χ3v) is 11.0. The van der Waals surface area contributed by atoms with E-state index in [2.05, 4.69) is 210 Å². The molecule has 0 saturated heterocycles. The molecule has 0 spiro atoms. The molecule has 0 radical (unpaired) electrons. The summed E-state index contributed by atoms with van der Waals surface area (Å²) in [5.41, 5.74) is 24.4. The molecular formula is C52H44N4. The Labute approximate surface area is 328 Å². The van der Waals surface area contributed by atoms with E-state index in [-0.39, 0.29) is 6.04 Å². The first-order chi connectivity index (χ1) is 27.6. The van der Waals surface area contributed by atoms with E-state index >= 15 is 0 Å². The summed E-state index contributed by atoms with van der Waals surface area (Å²) in [6, 6.07) is 51.3. The number of allylic oxidation sites excluding steroid dienone is 8. The average molecular weight is 725 g/mol. The summed E-state index contributed by atoms with van der Waals surface area (Å²) >= 11 is 0. The Morgan fingerprint density at radius 3 is 2.25 bits per heavy atom. The number of aromatic nitrogens is 2. The van der Waals surface area contributed by atoms with Crippen molar-refractivity contribution in [2.45, 2.75) is 24.8 Å². The molecule has 9 rings (SSSR count). The molecule has 0 saturated carbocycles. The van der Waals surface area contributed by atoms with Gasteiger partial charge in [-0.2, -0.15) is 0 Å². The number of hydrogen-bond acceptors (Lipinski definition) is 2. The first-order valence-electron chi connectivity index (χ1n) is 19.4. The molecular weight excluding hydrogens is 681 g/mol. The van der Waals surface area contributed by atoms with Crippen LogP contribution < -0.4 is 11.5 Å². The van der Waals surface area contributed by atoms with E-state index in [1.165, 1.54) is 44.0 Å². The lowest BCUT2D eigenvalue weighted by molar-refractivity contribution is 0.754. The fourth-order valence-corrected chi connectivity index (χ4v) is 8.25. The van der Waals surface area contributed by atoms with Gasteiger partial charge in [-0.25, -0.2) is 0 Å². The number of nitrogens with zero attached hydrogens (tertiary/aromatic N) is 2. The van der Waals surface area contributed by atoms with Crippen molar-refractivity contribution in [2.24, 2.45) is 11.5 Å². The summed E-state index contributed by atoms with van der Waals surface area (Å²) in [7, 11) is 0. The van der Waals surface area contributed by atoms with E-state index in [0.29, 0.717) is 11.7 Å². The lowest BCUT2D eigenvalue weighted by Gasteiger charge is -2.21. The topological polar surface area (TPSA) is 61.9 Å². The van der Waals surface area contributed by atoms with Gasteiger partial charge in [-0.05, 0) is 71.0 Å². The molecule has 4 nitrogen and oxygen atoms in total. The van der Waals surface area contributed by atoms with E-state index in [9.17, 15) is 0 Å². The van der Waals surface area contributed by atoms with E-state index in [0.717, 1.165) is 40.3 Å². The summed E-state index contributed by atoms with van der Waals surface area (Å²) < 4.78 is 4.50. The van der Waals surface area contributed by atoms with Gasteiger partial charge in [0.1, 0.15) is 5.82 Å². The Balaban J connectivity index is 1.04. The Morgan fingerprint density at radius 2 is 1.41 bits per heavy atom. The van der Waals surface area contributed by atoms with Crippen LogP contribution in [0.25, 0.3) is 66.8 Å². The minimum absolute atomic E-state index is 0.165. The predicted molar refractivity (Wildman–Crippen MR) is 239 cm³/mol. The second-order valence-corrected chi connectivity index (χ2v) is 14.5. The maximum Gasteiger partial charge on any atom is 0.108 e. The van der Waals surface area contributed by atoms with Crippen LogP contribution in [0.3, 0.4) is 0 Å². The highest BCUT2D eigenvalue weighted by Gasteiger charge is 2.20. The SMILES string of the molecule is N/C(=C\C=C/Cc1cccc(-c2ccccc2)c1)n1c2ccccc2c2c3c(ccc21)c1ccccc1n3/C=C/C=C\C(N)C1=CC=CC(c2ccccc2)C1. The van der Waals surface area contributed by atoms with Crippen LogP contribution in [0.15, 0.2) is 206 Å². The van der Waals surface area contributed by atoms with Crippen LogP contribution in [0, 0.1) is 0 Å². The van der Waals surface area contributed by atoms with Crippen LogP contribution in [0.1, 0.15) is 23.5 Å². The monoisotopic (exact) mass is 724 g/mol. The maximum atomic E-state index is 6.96. The minimum atomic E-state index is -0.165. The lowest BCUT2D eigenvalue weighted by Crippen LogP contribution is -2.22. The predicted octanol–water partition coefficient (Wildman–Crippen LogP) is 12.1. The third kappa shape index (κ3) is 6.72. The fourth-order valence-electron chi connectivity index (χ4n) is 8.25. The van der Waals surface area contributed by atoms with Gasteiger partial charge in [0.05, 0.1) is 22.1 Å². The summed E-state index contributed by atoms with van der Waals surface area (Å²) in [4.78, 5) is 0. The molecule has 4 N–H and O–H groups in total. The highest BCUT2D eigenvalue weighted by molar-refractivity contribution is 6.26. The normalized spacial score (nSPS) is 15.7. The van der Waals surface area contributed by atoms with E-state index < -0.39 is 0 Å². The second kappa shape index (κ2) is 15.5. The van der Waals surface area contributed by atoms with Gasteiger partial charge in [-0.3, -0.25) is 4.57 Å². The van der Waals surface area contributed by atoms with Gasteiger partial charge in [0.25, 0.3) is 0 Å². The van der Waals surface area contributed by atoms with Crippen LogP contribution in [0.4, 0.5) is 0 Å². The Hall–Kier alpha value is -6.88. The number of fused-ring (bicyclic) bond motifs is 7. The van der Waals surface area contributed by atoms with Crippen LogP contribution >= 0.6 is 0 Å². The van der Waals surface area contributed by atoms with E-state index in [4.69, 9.17) is 11.5 Å². The van der Waals surface area contributed by atoms with Gasteiger partial charge < -0.3 is 16.0 Å². The smallest absolute Gasteiger partial charge is 0.108 e. The molecule has 2 unspecified atom stereocenters. The Bertz CT molecular complexity index is 2880. The molecule has 56 heavy (non-hydrogen) atoms. The van der Waals surface area contributed by atoms with Gasteiger partial charge in [0.2, 0.25) is 0 Å². The van der Waals surface area contributed by atoms with Crippen molar-refractivity contribution >= 4 is 55.6 Å². The zero-order chi connectivity index (χ0) is 37.8.